The Hall–Kier alpha value is -3.42. The number of halogens is 2. The molecule has 0 radical (unpaired) electrons. The number of hydrogen-bond acceptors (Lipinski definition) is 17. The largest absolute Gasteiger partial charge is 0.464 e. The average Bonchev–Trinajstić information content (AvgIpc) is 3.84. The molecule has 58 heavy (non-hydrogen) atoms. The van der Waals surface area contributed by atoms with Crippen LogP contribution in [0.3, 0.4) is 0 Å². The van der Waals surface area contributed by atoms with Gasteiger partial charge in [-0.2, -0.15) is 0 Å². The second-order valence-electron chi connectivity index (χ2n) is 14.5. The van der Waals surface area contributed by atoms with E-state index in [1.54, 1.807) is 27.7 Å². The highest BCUT2D eigenvalue weighted by Gasteiger charge is 2.40. The molecule has 3 unspecified atom stereocenters. The van der Waals surface area contributed by atoms with Crippen molar-refractivity contribution in [3.05, 3.63) is 32.2 Å². The Balaban J connectivity index is 2.20. The Morgan fingerprint density at radius 3 is 2.07 bits per heavy atom. The predicted octanol–water partition coefficient (Wildman–Crippen LogP) is 6.20. The first-order valence-electron chi connectivity index (χ1n) is 18.8. The fourth-order valence-electron chi connectivity index (χ4n) is 5.46. The van der Waals surface area contributed by atoms with E-state index in [0.29, 0.717) is 12.8 Å². The number of nitrogens with one attached hydrogen (secondary N) is 1. The van der Waals surface area contributed by atoms with Crippen molar-refractivity contribution >= 4 is 81.6 Å². The van der Waals surface area contributed by atoms with Crippen LogP contribution in [0.4, 0.5) is 0 Å². The van der Waals surface area contributed by atoms with Crippen molar-refractivity contribution in [2.45, 2.75) is 141 Å². The highest BCUT2D eigenvalue weighted by Crippen LogP contribution is 2.36. The first-order chi connectivity index (χ1) is 27.0. The number of aliphatic hydroxyl groups excluding tert-OH is 1. The van der Waals surface area contributed by atoms with E-state index in [1.807, 2.05) is 6.92 Å². The third kappa shape index (κ3) is 16.3. The number of carbonyl (C=O) groups is 6. The Morgan fingerprint density at radius 1 is 0.914 bits per heavy atom. The number of hydrogen-bond donors (Lipinski definition) is 3. The van der Waals surface area contributed by atoms with Crippen molar-refractivity contribution in [1.82, 2.24) is 15.3 Å². The normalized spacial score (nSPS) is 15.8. The molecule has 326 valence electrons. The van der Waals surface area contributed by atoms with Crippen LogP contribution in [0.2, 0.25) is 0 Å². The summed E-state index contributed by atoms with van der Waals surface area (Å²) in [7, 11) is 1.20. The van der Waals surface area contributed by atoms with Gasteiger partial charge in [-0.25, -0.2) is 19.6 Å². The molecule has 20 heteroatoms. The monoisotopic (exact) mass is 895 g/mol. The number of esters is 5. The van der Waals surface area contributed by atoms with Crippen LogP contribution in [0.15, 0.2) is 10.8 Å². The molecule has 7 atom stereocenters. The van der Waals surface area contributed by atoms with Gasteiger partial charge in [-0.3, -0.25) is 19.2 Å². The molecule has 0 aliphatic heterocycles. The molecule has 1 amide bonds. The number of methoxy groups -OCH3 is 1. The van der Waals surface area contributed by atoms with Gasteiger partial charge in [0.1, 0.15) is 44.9 Å². The topological polar surface area (TPSA) is 227 Å². The number of aliphatic hydroxyl groups is 2. The summed E-state index contributed by atoms with van der Waals surface area (Å²) >= 11 is 14.2. The second kappa shape index (κ2) is 23.4. The minimum Gasteiger partial charge on any atom is -0.464 e. The molecular formula is C38H55Cl2N3O13S2. The van der Waals surface area contributed by atoms with Crippen LogP contribution in [0.1, 0.15) is 144 Å². The third-order valence-corrected chi connectivity index (χ3v) is 11.2. The van der Waals surface area contributed by atoms with Gasteiger partial charge >= 0.3 is 29.8 Å². The summed E-state index contributed by atoms with van der Waals surface area (Å²) in [6.07, 6.45) is -3.51. The van der Waals surface area contributed by atoms with E-state index in [9.17, 15) is 39.0 Å². The molecule has 0 aromatic carbocycles. The predicted molar refractivity (Wildman–Crippen MR) is 215 cm³/mol. The number of alkyl halides is 2. The van der Waals surface area contributed by atoms with Gasteiger partial charge in [-0.05, 0) is 58.8 Å². The maximum absolute atomic E-state index is 13.7. The Bertz CT molecular complexity index is 1690. The van der Waals surface area contributed by atoms with E-state index in [1.165, 1.54) is 38.6 Å². The number of ether oxygens (including phenoxy) is 5. The molecule has 2 aromatic heterocycles. The maximum Gasteiger partial charge on any atom is 0.358 e. The highest BCUT2D eigenvalue weighted by atomic mass is 35.5. The van der Waals surface area contributed by atoms with Gasteiger partial charge in [0.2, 0.25) is 5.91 Å². The van der Waals surface area contributed by atoms with Crippen molar-refractivity contribution in [2.24, 2.45) is 11.8 Å². The van der Waals surface area contributed by atoms with Gasteiger partial charge in [0.25, 0.3) is 0 Å². The zero-order valence-corrected chi connectivity index (χ0v) is 37.3. The van der Waals surface area contributed by atoms with Gasteiger partial charge in [0.15, 0.2) is 17.5 Å². The summed E-state index contributed by atoms with van der Waals surface area (Å²) in [6.45, 7) is 12.3. The molecule has 0 aliphatic rings. The fraction of sp³-hybridized carbons (Fsp3) is 0.684. The van der Waals surface area contributed by atoms with Crippen LogP contribution in [0.25, 0.3) is 0 Å². The van der Waals surface area contributed by atoms with Crippen LogP contribution >= 0.6 is 45.9 Å². The zero-order chi connectivity index (χ0) is 44.0. The molecule has 0 aliphatic carbocycles. The van der Waals surface area contributed by atoms with Crippen LogP contribution in [-0.4, -0.2) is 97.8 Å². The molecule has 0 fully saturated rings. The van der Waals surface area contributed by atoms with Gasteiger partial charge in [-0.1, -0.05) is 27.7 Å². The molecule has 3 N–H and O–H groups in total. The molecule has 2 rings (SSSR count). The Kier molecular flexibility index (Phi) is 20.5. The number of rotatable bonds is 24. The van der Waals surface area contributed by atoms with Crippen LogP contribution < -0.4 is 5.32 Å². The molecule has 2 heterocycles. The number of aromatic nitrogens is 2. The van der Waals surface area contributed by atoms with Gasteiger partial charge in [-0.15, -0.1) is 45.9 Å². The third-order valence-electron chi connectivity index (χ3n) is 8.97. The van der Waals surface area contributed by atoms with Crippen molar-refractivity contribution in [1.29, 1.82) is 0 Å². The first-order valence-corrected chi connectivity index (χ1v) is 21.4. The molecule has 0 spiro atoms. The highest BCUT2D eigenvalue weighted by molar-refractivity contribution is 7.10. The number of thiazole rings is 2. The molecule has 0 saturated heterocycles. The summed E-state index contributed by atoms with van der Waals surface area (Å²) in [5, 5.41) is 27.7. The van der Waals surface area contributed by atoms with E-state index in [-0.39, 0.29) is 58.9 Å². The SMILES string of the molecule is CCCC(=O)NC(C(C)C)[C@@H](CC(=O)OCC(O)c1nc(C(=O)O[C@@H](CCCC(C)(Cl)Cl)[C@@H](C)C(=O)OC(c2nc(C(=O)OC)cs2)[C@@](C)(O)CC)cs1)OC(C)=O. The smallest absolute Gasteiger partial charge is 0.358 e. The van der Waals surface area contributed by atoms with E-state index >= 15 is 0 Å². The summed E-state index contributed by atoms with van der Waals surface area (Å²) in [4.78, 5) is 84.5. The van der Waals surface area contributed by atoms with E-state index in [4.69, 9.17) is 46.9 Å². The summed E-state index contributed by atoms with van der Waals surface area (Å²) in [6, 6.07) is -0.678. The van der Waals surface area contributed by atoms with Crippen molar-refractivity contribution < 1.29 is 62.7 Å². The molecule has 16 nitrogen and oxygen atoms in total. The van der Waals surface area contributed by atoms with Gasteiger partial charge in [0, 0.05) is 24.1 Å². The summed E-state index contributed by atoms with van der Waals surface area (Å²) in [5.41, 5.74) is -1.81. The van der Waals surface area contributed by atoms with Crippen LogP contribution in [0, 0.1) is 11.8 Å². The minimum atomic E-state index is -1.59. The number of nitrogens with zero attached hydrogens (tertiary/aromatic N) is 2. The first kappa shape index (κ1) is 50.7. The van der Waals surface area contributed by atoms with E-state index in [0.717, 1.165) is 22.7 Å². The lowest BCUT2D eigenvalue weighted by Gasteiger charge is -2.32. The number of amides is 1. The zero-order valence-electron chi connectivity index (χ0n) is 34.2. The molecule has 0 bridgehead atoms. The van der Waals surface area contributed by atoms with Gasteiger partial charge < -0.3 is 39.2 Å². The number of carbonyl (C=O) groups excluding carboxylic acids is 6. The van der Waals surface area contributed by atoms with Crippen molar-refractivity contribution in [3.8, 4) is 0 Å². The van der Waals surface area contributed by atoms with E-state index < -0.39 is 89.2 Å². The Labute approximate surface area is 356 Å². The molecule has 0 saturated carbocycles. The second-order valence-corrected chi connectivity index (χ2v) is 18.1. The van der Waals surface area contributed by atoms with Crippen molar-refractivity contribution in [2.75, 3.05) is 13.7 Å². The van der Waals surface area contributed by atoms with E-state index in [2.05, 4.69) is 15.3 Å². The standard InChI is InChI=1S/C38H55Cl2N3O13S2/c1-10-13-28(46)43-30(20(3)4)27(54-22(6)44)16-29(47)53-17-25(45)32-41-24(19-57-32)36(50)55-26(14-12-15-38(8,39)40)21(5)34(48)56-31(37(7,51)11-2)33-42-23(18-58-33)35(49)52-9/h18-21,25-27,30-31,45,51H,10-17H2,1-9H3,(H,43,46)/t21-,25?,26+,27-,30?,31?,37+/m1/s1. The molecular weight excluding hydrogens is 841 g/mol. The van der Waals surface area contributed by atoms with Gasteiger partial charge in [0.05, 0.1) is 25.5 Å². The summed E-state index contributed by atoms with van der Waals surface area (Å²) in [5.74, 6) is -5.48. The lowest BCUT2D eigenvalue weighted by atomic mass is 9.95. The average molecular weight is 897 g/mol. The fourth-order valence-corrected chi connectivity index (χ4v) is 7.45. The lowest BCUT2D eigenvalue weighted by Crippen LogP contribution is -2.49. The van der Waals surface area contributed by atoms with Crippen LogP contribution in [0.5, 0.6) is 0 Å². The maximum atomic E-state index is 13.7. The van der Waals surface area contributed by atoms with Crippen LogP contribution in [-0.2, 0) is 42.9 Å². The Morgan fingerprint density at radius 2 is 1.52 bits per heavy atom. The quantitative estimate of drug-likeness (QED) is 0.0606. The minimum absolute atomic E-state index is 0.0200. The molecule has 2 aromatic rings. The summed E-state index contributed by atoms with van der Waals surface area (Å²) < 4.78 is 25.8. The lowest BCUT2D eigenvalue weighted by molar-refractivity contribution is -0.173. The van der Waals surface area contributed by atoms with Crippen molar-refractivity contribution in [3.63, 3.8) is 0 Å².